The lowest BCUT2D eigenvalue weighted by Crippen LogP contribution is -2.36. The van der Waals surface area contributed by atoms with Crippen molar-refractivity contribution in [2.75, 3.05) is 33.7 Å². The summed E-state index contributed by atoms with van der Waals surface area (Å²) < 4.78 is 27.5. The molecule has 7 heteroatoms. The largest absolute Gasteiger partial charge is 0.474 e. The molecule has 0 radical (unpaired) electrons. The normalized spacial score (nSPS) is 12.8. The first-order valence-electron chi connectivity index (χ1n) is 12.3. The van der Waals surface area contributed by atoms with E-state index >= 15 is 0 Å². The molecule has 0 saturated carbocycles. The summed E-state index contributed by atoms with van der Waals surface area (Å²) in [5.41, 5.74) is 0.847. The molecule has 32 heavy (non-hydrogen) atoms. The molecular formula is C25H46O6Si. The molecule has 0 aliphatic rings. The van der Waals surface area contributed by atoms with Crippen LogP contribution in [-0.4, -0.2) is 47.8 Å². The second kappa shape index (κ2) is 17.3. The Bertz CT molecular complexity index is 595. The number of methoxy groups -OCH3 is 1. The van der Waals surface area contributed by atoms with E-state index in [1.807, 2.05) is 6.07 Å². The number of unbranched alkanes of at least 4 members (excludes halogenated alkanes) is 8. The molecule has 1 aromatic heterocycles. The molecule has 0 saturated heterocycles. The molecule has 0 amide bonds. The summed E-state index contributed by atoms with van der Waals surface area (Å²) in [7, 11) is 0.0445. The van der Waals surface area contributed by atoms with Crippen molar-refractivity contribution in [3.63, 3.8) is 0 Å². The molecule has 1 aromatic rings. The number of carbonyl (C=O) groups excluding carboxylic acids is 1. The number of ether oxygens (including phenoxy) is 4. The Morgan fingerprint density at radius 1 is 0.969 bits per heavy atom. The van der Waals surface area contributed by atoms with E-state index in [4.69, 9.17) is 23.4 Å². The van der Waals surface area contributed by atoms with E-state index in [0.29, 0.717) is 19.6 Å². The van der Waals surface area contributed by atoms with Crippen LogP contribution in [0.4, 0.5) is 0 Å². The van der Waals surface area contributed by atoms with Crippen LogP contribution in [0, 0.1) is 0 Å². The van der Waals surface area contributed by atoms with E-state index in [1.165, 1.54) is 44.9 Å². The van der Waals surface area contributed by atoms with E-state index in [9.17, 15) is 4.79 Å². The van der Waals surface area contributed by atoms with Crippen LogP contribution in [0.5, 0.6) is 0 Å². The maximum absolute atomic E-state index is 12.5. The minimum atomic E-state index is -1.58. The Labute approximate surface area is 196 Å². The van der Waals surface area contributed by atoms with E-state index in [2.05, 4.69) is 26.6 Å². The van der Waals surface area contributed by atoms with Crippen molar-refractivity contribution in [1.82, 2.24) is 0 Å². The van der Waals surface area contributed by atoms with Gasteiger partial charge in [0.05, 0.1) is 31.5 Å². The molecular weight excluding hydrogens is 424 g/mol. The van der Waals surface area contributed by atoms with Crippen molar-refractivity contribution in [2.45, 2.75) is 96.9 Å². The van der Waals surface area contributed by atoms with Gasteiger partial charge in [0.2, 0.25) is 0 Å². The minimum Gasteiger partial charge on any atom is -0.474 e. The number of hydrogen-bond acceptors (Lipinski definition) is 6. The molecule has 1 rings (SSSR count). The van der Waals surface area contributed by atoms with Crippen LogP contribution >= 0.6 is 0 Å². The maximum atomic E-state index is 12.5. The Kier molecular flexibility index (Phi) is 15.6. The second-order valence-corrected chi connectivity index (χ2v) is 14.4. The molecule has 1 unspecified atom stereocenters. The molecule has 0 aromatic carbocycles. The number of rotatable bonds is 20. The van der Waals surface area contributed by atoms with Crippen molar-refractivity contribution < 1.29 is 28.2 Å². The first-order chi connectivity index (χ1) is 15.4. The summed E-state index contributed by atoms with van der Waals surface area (Å²) in [6, 6.07) is 2.01. The zero-order valence-corrected chi connectivity index (χ0v) is 22.1. The smallest absolute Gasteiger partial charge is 0.306 e. The van der Waals surface area contributed by atoms with E-state index in [-0.39, 0.29) is 19.4 Å². The molecule has 1 atom stereocenters. The molecule has 0 aliphatic heterocycles. The topological polar surface area (TPSA) is 67.1 Å². The van der Waals surface area contributed by atoms with Gasteiger partial charge in [0.25, 0.3) is 0 Å². The fourth-order valence-corrected chi connectivity index (χ4v) is 4.34. The SMILES string of the molecule is CCCCCCCCCCCC(=O)OC(COCOCCOC)c1coc([Si](C)(C)C)c1. The molecule has 0 aliphatic carbocycles. The average Bonchev–Trinajstić information content (AvgIpc) is 3.25. The van der Waals surface area contributed by atoms with Crippen LogP contribution in [-0.2, 0) is 23.7 Å². The third-order valence-corrected chi connectivity index (χ3v) is 7.10. The monoisotopic (exact) mass is 470 g/mol. The average molecular weight is 471 g/mol. The summed E-state index contributed by atoms with van der Waals surface area (Å²) in [4.78, 5) is 12.5. The van der Waals surface area contributed by atoms with Gasteiger partial charge < -0.3 is 23.4 Å². The van der Waals surface area contributed by atoms with Crippen LogP contribution in [0.2, 0.25) is 19.6 Å². The lowest BCUT2D eigenvalue weighted by atomic mass is 10.1. The van der Waals surface area contributed by atoms with Crippen LogP contribution in [0.25, 0.3) is 0 Å². The maximum Gasteiger partial charge on any atom is 0.306 e. The van der Waals surface area contributed by atoms with Crippen molar-refractivity contribution >= 4 is 19.4 Å². The third-order valence-electron chi connectivity index (χ3n) is 5.36. The van der Waals surface area contributed by atoms with Gasteiger partial charge in [0, 0.05) is 19.1 Å². The molecule has 0 bridgehead atoms. The van der Waals surface area contributed by atoms with Crippen molar-refractivity contribution in [2.24, 2.45) is 0 Å². The van der Waals surface area contributed by atoms with Gasteiger partial charge in [-0.3, -0.25) is 4.79 Å². The lowest BCUT2D eigenvalue weighted by molar-refractivity contribution is -0.157. The molecule has 1 heterocycles. The van der Waals surface area contributed by atoms with Gasteiger partial charge in [-0.05, 0) is 12.5 Å². The highest BCUT2D eigenvalue weighted by Crippen LogP contribution is 2.21. The fourth-order valence-electron chi connectivity index (χ4n) is 3.32. The van der Waals surface area contributed by atoms with E-state index in [1.54, 1.807) is 13.4 Å². The Morgan fingerprint density at radius 3 is 2.22 bits per heavy atom. The highest BCUT2D eigenvalue weighted by molar-refractivity contribution is 6.87. The summed E-state index contributed by atoms with van der Waals surface area (Å²) in [6.07, 6.45) is 12.6. The molecule has 0 spiro atoms. The Hall–Kier alpha value is -1.15. The van der Waals surface area contributed by atoms with Crippen LogP contribution in [0.3, 0.4) is 0 Å². The predicted molar refractivity (Wildman–Crippen MR) is 131 cm³/mol. The summed E-state index contributed by atoms with van der Waals surface area (Å²) in [5.74, 6) is -0.183. The molecule has 0 N–H and O–H groups in total. The van der Waals surface area contributed by atoms with Crippen molar-refractivity contribution in [3.05, 3.63) is 17.9 Å². The summed E-state index contributed by atoms with van der Waals surface area (Å²) in [5, 5.41) is 0.990. The third kappa shape index (κ3) is 13.4. The number of esters is 1. The van der Waals surface area contributed by atoms with E-state index < -0.39 is 14.2 Å². The zero-order valence-electron chi connectivity index (χ0n) is 21.1. The fraction of sp³-hybridized carbons (Fsp3) is 0.800. The van der Waals surface area contributed by atoms with Gasteiger partial charge in [-0.2, -0.15) is 0 Å². The number of furan rings is 1. The molecule has 6 nitrogen and oxygen atoms in total. The van der Waals surface area contributed by atoms with Crippen molar-refractivity contribution in [1.29, 1.82) is 0 Å². The Morgan fingerprint density at radius 2 is 1.62 bits per heavy atom. The zero-order chi connectivity index (χ0) is 23.7. The predicted octanol–water partition coefficient (Wildman–Crippen LogP) is 5.97. The van der Waals surface area contributed by atoms with Gasteiger partial charge in [0.15, 0.2) is 6.10 Å². The highest BCUT2D eigenvalue weighted by atomic mass is 28.3. The summed E-state index contributed by atoms with van der Waals surface area (Å²) in [6.45, 7) is 10.3. The van der Waals surface area contributed by atoms with Crippen LogP contribution in [0.1, 0.15) is 82.8 Å². The van der Waals surface area contributed by atoms with E-state index in [0.717, 1.165) is 23.8 Å². The first-order valence-corrected chi connectivity index (χ1v) is 15.8. The van der Waals surface area contributed by atoms with Gasteiger partial charge in [-0.1, -0.05) is 77.9 Å². The van der Waals surface area contributed by atoms with Crippen LogP contribution in [0.15, 0.2) is 16.7 Å². The highest BCUT2D eigenvalue weighted by Gasteiger charge is 2.25. The molecule has 0 fully saturated rings. The second-order valence-electron chi connectivity index (χ2n) is 9.44. The van der Waals surface area contributed by atoms with Gasteiger partial charge >= 0.3 is 5.97 Å². The van der Waals surface area contributed by atoms with Crippen molar-refractivity contribution in [3.8, 4) is 0 Å². The van der Waals surface area contributed by atoms with Gasteiger partial charge in [-0.25, -0.2) is 0 Å². The first kappa shape index (κ1) is 28.9. The quantitative estimate of drug-likeness (QED) is 0.101. The Balaban J connectivity index is 2.42. The summed E-state index contributed by atoms with van der Waals surface area (Å²) >= 11 is 0. The lowest BCUT2D eigenvalue weighted by Gasteiger charge is -2.17. The number of hydrogen-bond donors (Lipinski definition) is 0. The van der Waals surface area contributed by atoms with Gasteiger partial charge in [-0.15, -0.1) is 0 Å². The number of carbonyl (C=O) groups is 1. The molecule has 186 valence electrons. The standard InChI is InChI=1S/C25H46O6Si/c1-6-7-8-9-10-11-12-13-14-15-24(26)31-23(20-29-21-28-17-16-27-2)22-18-25(30-19-22)32(3,4)5/h18-19,23H,6-17,20-21H2,1-5H3. The van der Waals surface area contributed by atoms with Crippen LogP contribution < -0.4 is 5.38 Å². The van der Waals surface area contributed by atoms with Gasteiger partial charge in [0.1, 0.15) is 14.9 Å². The minimum absolute atomic E-state index is 0.133.